The molecule has 1 aliphatic carbocycles. The topological polar surface area (TPSA) is 49.9 Å². The maximum absolute atomic E-state index is 13.2. The summed E-state index contributed by atoms with van der Waals surface area (Å²) in [7, 11) is 0. The van der Waals surface area contributed by atoms with Crippen LogP contribution in [0.3, 0.4) is 0 Å². The third-order valence-electron chi connectivity index (χ3n) is 6.65. The van der Waals surface area contributed by atoms with Crippen molar-refractivity contribution in [2.75, 3.05) is 39.4 Å². The van der Waals surface area contributed by atoms with Gasteiger partial charge in [-0.3, -0.25) is 14.5 Å². The number of Topliss-reactive ketones (excluding diaryl/α,β-unsaturated/α-hetero) is 1. The van der Waals surface area contributed by atoms with E-state index in [1.807, 2.05) is 11.0 Å². The largest absolute Gasteiger partial charge is 0.379 e. The van der Waals surface area contributed by atoms with Gasteiger partial charge in [-0.1, -0.05) is 43.5 Å². The zero-order valence-corrected chi connectivity index (χ0v) is 16.8. The molecule has 0 spiro atoms. The predicted molar refractivity (Wildman–Crippen MR) is 108 cm³/mol. The summed E-state index contributed by atoms with van der Waals surface area (Å²) in [6.07, 6.45) is 6.97. The van der Waals surface area contributed by atoms with Crippen molar-refractivity contribution in [2.24, 2.45) is 5.92 Å². The van der Waals surface area contributed by atoms with Crippen LogP contribution in [0, 0.1) is 5.92 Å². The fourth-order valence-electron chi connectivity index (χ4n) is 4.99. The van der Waals surface area contributed by atoms with Crippen LogP contribution in [0.4, 0.5) is 0 Å². The molecule has 152 valence electrons. The molecular weight excluding hydrogens is 352 g/mol. The van der Waals surface area contributed by atoms with Gasteiger partial charge in [0.15, 0.2) is 0 Å². The summed E-state index contributed by atoms with van der Waals surface area (Å²) in [6.45, 7) is 4.14. The maximum atomic E-state index is 13.2. The van der Waals surface area contributed by atoms with Crippen molar-refractivity contribution in [3.8, 4) is 0 Å². The van der Waals surface area contributed by atoms with Crippen LogP contribution in [-0.2, 0) is 20.7 Å². The second kappa shape index (κ2) is 9.19. The Morgan fingerprint density at radius 3 is 2.54 bits per heavy atom. The number of benzene rings is 1. The number of fused-ring (bicyclic) bond motifs is 1. The molecule has 4 rings (SSSR count). The highest BCUT2D eigenvalue weighted by Gasteiger charge is 2.34. The molecule has 1 unspecified atom stereocenters. The number of rotatable bonds is 5. The van der Waals surface area contributed by atoms with Crippen LogP contribution < -0.4 is 0 Å². The molecule has 1 aromatic carbocycles. The SMILES string of the molecule is O=C(CC1c2ccccc2CCN1C(=O)CN1CCOCC1)C1CCCCC1. The number of hydrogen-bond donors (Lipinski definition) is 0. The van der Waals surface area contributed by atoms with Gasteiger partial charge in [-0.15, -0.1) is 0 Å². The monoisotopic (exact) mass is 384 g/mol. The fraction of sp³-hybridized carbons (Fsp3) is 0.652. The van der Waals surface area contributed by atoms with E-state index in [0.717, 1.165) is 45.2 Å². The van der Waals surface area contributed by atoms with E-state index in [0.29, 0.717) is 38.5 Å². The van der Waals surface area contributed by atoms with Crippen molar-refractivity contribution < 1.29 is 14.3 Å². The summed E-state index contributed by atoms with van der Waals surface area (Å²) in [4.78, 5) is 30.4. The lowest BCUT2D eigenvalue weighted by Gasteiger charge is -2.39. The van der Waals surface area contributed by atoms with E-state index in [1.165, 1.54) is 17.5 Å². The quantitative estimate of drug-likeness (QED) is 0.783. The maximum Gasteiger partial charge on any atom is 0.237 e. The van der Waals surface area contributed by atoms with Gasteiger partial charge >= 0.3 is 0 Å². The van der Waals surface area contributed by atoms with Gasteiger partial charge in [-0.25, -0.2) is 0 Å². The van der Waals surface area contributed by atoms with E-state index in [2.05, 4.69) is 23.1 Å². The van der Waals surface area contributed by atoms with Crippen molar-refractivity contribution in [2.45, 2.75) is 51.0 Å². The standard InChI is InChI=1S/C23H32N2O3/c26-22(19-7-2-1-3-8-19)16-21-20-9-5-4-6-18(20)10-11-25(21)23(27)17-24-12-14-28-15-13-24/h4-6,9,19,21H,1-3,7-8,10-17H2. The average Bonchev–Trinajstić information content (AvgIpc) is 2.75. The van der Waals surface area contributed by atoms with E-state index in [-0.39, 0.29) is 17.9 Å². The normalized spacial score (nSPS) is 24.0. The highest BCUT2D eigenvalue weighted by atomic mass is 16.5. The summed E-state index contributed by atoms with van der Waals surface area (Å²) in [5, 5.41) is 0. The summed E-state index contributed by atoms with van der Waals surface area (Å²) < 4.78 is 5.40. The minimum atomic E-state index is -0.104. The van der Waals surface area contributed by atoms with Crippen molar-refractivity contribution in [3.63, 3.8) is 0 Å². The summed E-state index contributed by atoms with van der Waals surface area (Å²) >= 11 is 0. The molecule has 2 aliphatic heterocycles. The Labute approximate surface area is 168 Å². The summed E-state index contributed by atoms with van der Waals surface area (Å²) in [5.74, 6) is 0.697. The molecule has 0 radical (unpaired) electrons. The van der Waals surface area contributed by atoms with E-state index in [9.17, 15) is 9.59 Å². The first-order chi connectivity index (χ1) is 13.7. The number of carbonyl (C=O) groups is 2. The Morgan fingerprint density at radius 2 is 1.75 bits per heavy atom. The molecule has 3 aliphatic rings. The van der Waals surface area contributed by atoms with E-state index in [1.54, 1.807) is 0 Å². The number of amides is 1. The third kappa shape index (κ3) is 4.47. The van der Waals surface area contributed by atoms with Gasteiger partial charge in [0.05, 0.1) is 25.8 Å². The molecule has 2 heterocycles. The van der Waals surface area contributed by atoms with Gasteiger partial charge < -0.3 is 9.64 Å². The minimum Gasteiger partial charge on any atom is -0.379 e. The van der Waals surface area contributed by atoms with Gasteiger partial charge in [0.2, 0.25) is 5.91 Å². The van der Waals surface area contributed by atoms with Crippen molar-refractivity contribution in [1.29, 1.82) is 0 Å². The molecule has 0 aromatic heterocycles. The molecular formula is C23H32N2O3. The zero-order valence-electron chi connectivity index (χ0n) is 16.8. The number of carbonyl (C=O) groups excluding carboxylic acids is 2. The zero-order chi connectivity index (χ0) is 19.3. The van der Waals surface area contributed by atoms with Crippen LogP contribution in [0.2, 0.25) is 0 Å². The molecule has 1 saturated carbocycles. The van der Waals surface area contributed by atoms with Crippen LogP contribution in [0.15, 0.2) is 24.3 Å². The lowest BCUT2D eigenvalue weighted by Crippen LogP contribution is -2.48. The van der Waals surface area contributed by atoms with E-state index >= 15 is 0 Å². The van der Waals surface area contributed by atoms with Gasteiger partial charge in [-0.05, 0) is 30.4 Å². The Hall–Kier alpha value is -1.72. The Kier molecular flexibility index (Phi) is 6.43. The molecule has 1 atom stereocenters. The molecule has 5 nitrogen and oxygen atoms in total. The molecule has 1 saturated heterocycles. The Balaban J connectivity index is 1.50. The Bertz CT molecular complexity index is 693. The number of morpholine rings is 1. The number of ketones is 1. The summed E-state index contributed by atoms with van der Waals surface area (Å²) in [5.41, 5.74) is 2.47. The predicted octanol–water partition coefficient (Wildman–Crippen LogP) is 2.98. The highest BCUT2D eigenvalue weighted by Crippen LogP contribution is 2.35. The third-order valence-corrected chi connectivity index (χ3v) is 6.65. The van der Waals surface area contributed by atoms with Crippen molar-refractivity contribution >= 4 is 11.7 Å². The van der Waals surface area contributed by atoms with E-state index in [4.69, 9.17) is 4.74 Å². The highest BCUT2D eigenvalue weighted by molar-refractivity contribution is 5.84. The first-order valence-electron chi connectivity index (χ1n) is 10.9. The minimum absolute atomic E-state index is 0.104. The molecule has 0 bridgehead atoms. The molecule has 28 heavy (non-hydrogen) atoms. The van der Waals surface area contributed by atoms with E-state index < -0.39 is 0 Å². The van der Waals surface area contributed by atoms with Crippen LogP contribution in [0.25, 0.3) is 0 Å². The first-order valence-corrected chi connectivity index (χ1v) is 10.9. The number of ether oxygens (including phenoxy) is 1. The van der Waals surface area contributed by atoms with Gasteiger partial charge in [0.25, 0.3) is 0 Å². The van der Waals surface area contributed by atoms with Crippen LogP contribution in [-0.4, -0.2) is 60.9 Å². The van der Waals surface area contributed by atoms with Crippen molar-refractivity contribution in [3.05, 3.63) is 35.4 Å². The number of nitrogens with zero attached hydrogens (tertiary/aromatic N) is 2. The van der Waals surface area contributed by atoms with Crippen LogP contribution >= 0.6 is 0 Å². The van der Waals surface area contributed by atoms with Gasteiger partial charge in [0.1, 0.15) is 5.78 Å². The lowest BCUT2D eigenvalue weighted by atomic mass is 9.81. The van der Waals surface area contributed by atoms with Gasteiger partial charge in [0, 0.05) is 32.0 Å². The van der Waals surface area contributed by atoms with Crippen LogP contribution in [0.1, 0.15) is 55.7 Å². The average molecular weight is 385 g/mol. The summed E-state index contributed by atoms with van der Waals surface area (Å²) in [6, 6.07) is 8.25. The van der Waals surface area contributed by atoms with Gasteiger partial charge in [-0.2, -0.15) is 0 Å². The lowest BCUT2D eigenvalue weighted by molar-refractivity contribution is -0.137. The first kappa shape index (κ1) is 19.6. The molecule has 5 heteroatoms. The second-order valence-corrected chi connectivity index (χ2v) is 8.45. The smallest absolute Gasteiger partial charge is 0.237 e. The second-order valence-electron chi connectivity index (χ2n) is 8.45. The molecule has 2 fully saturated rings. The molecule has 1 amide bonds. The fourth-order valence-corrected chi connectivity index (χ4v) is 4.99. The number of hydrogen-bond acceptors (Lipinski definition) is 4. The van der Waals surface area contributed by atoms with Crippen LogP contribution in [0.5, 0.6) is 0 Å². The molecule has 0 N–H and O–H groups in total. The Morgan fingerprint density at radius 1 is 1.00 bits per heavy atom. The molecule has 1 aromatic rings. The van der Waals surface area contributed by atoms with Crippen molar-refractivity contribution in [1.82, 2.24) is 9.80 Å².